The third-order valence-electron chi connectivity index (χ3n) is 3.66. The Morgan fingerprint density at radius 3 is 2.62 bits per heavy atom. The average molecular weight is 224 g/mol. The first kappa shape index (κ1) is 11.4. The minimum absolute atomic E-state index is 0.0138. The van der Waals surface area contributed by atoms with Crippen LogP contribution < -0.4 is 5.32 Å². The minimum atomic E-state index is -0.320. The van der Waals surface area contributed by atoms with Crippen LogP contribution in [-0.4, -0.2) is 35.3 Å². The van der Waals surface area contributed by atoms with Gasteiger partial charge in [-0.05, 0) is 18.3 Å². The van der Waals surface area contributed by atoms with Gasteiger partial charge in [0.25, 0.3) is 0 Å². The lowest BCUT2D eigenvalue weighted by Crippen LogP contribution is -2.60. The maximum Gasteiger partial charge on any atom is 0.246 e. The number of nitrogens with one attached hydrogen (secondary N) is 1. The van der Waals surface area contributed by atoms with Crippen LogP contribution in [0.2, 0.25) is 0 Å². The molecule has 2 aliphatic rings. The van der Waals surface area contributed by atoms with Crippen molar-refractivity contribution in [3.8, 4) is 0 Å². The van der Waals surface area contributed by atoms with E-state index in [1.54, 1.807) is 4.90 Å². The Bertz CT molecular complexity index is 314. The molecule has 0 aromatic carbocycles. The first-order chi connectivity index (χ1) is 7.54. The zero-order valence-electron chi connectivity index (χ0n) is 10.2. The molecular formula is C12H20N2O2. The molecule has 0 aromatic rings. The molecule has 1 saturated carbocycles. The molecular weight excluding hydrogens is 204 g/mol. The summed E-state index contributed by atoms with van der Waals surface area (Å²) in [6.07, 6.45) is 2.17. The van der Waals surface area contributed by atoms with Crippen molar-refractivity contribution >= 4 is 11.8 Å². The number of carbonyl (C=O) groups excluding carboxylic acids is 2. The molecule has 2 amide bonds. The lowest BCUT2D eigenvalue weighted by Gasteiger charge is -2.34. The maximum absolute atomic E-state index is 12.2. The summed E-state index contributed by atoms with van der Waals surface area (Å²) in [5.41, 5.74) is 0. The van der Waals surface area contributed by atoms with E-state index in [-0.39, 0.29) is 30.3 Å². The fourth-order valence-corrected chi connectivity index (χ4v) is 2.48. The van der Waals surface area contributed by atoms with Crippen molar-refractivity contribution in [2.75, 3.05) is 6.54 Å². The number of hydrogen-bond donors (Lipinski definition) is 1. The van der Waals surface area contributed by atoms with Crippen LogP contribution >= 0.6 is 0 Å². The standard InChI is InChI=1S/C12H20N2O2/c1-4-8-5-9(8)14-6-10(15)13-11(7(2)3)12(14)16/h7-9,11H,4-6H2,1-3H3,(H,13,15). The highest BCUT2D eigenvalue weighted by Crippen LogP contribution is 2.39. The highest BCUT2D eigenvalue weighted by Gasteiger charge is 2.47. The van der Waals surface area contributed by atoms with Gasteiger partial charge in [-0.25, -0.2) is 0 Å². The van der Waals surface area contributed by atoms with Crippen LogP contribution in [0.3, 0.4) is 0 Å². The second-order valence-corrected chi connectivity index (χ2v) is 5.23. The molecule has 1 heterocycles. The Morgan fingerprint density at radius 1 is 1.44 bits per heavy atom. The smallest absolute Gasteiger partial charge is 0.246 e. The summed E-state index contributed by atoms with van der Waals surface area (Å²) in [6, 6.07) is 0.00385. The predicted molar refractivity (Wildman–Crippen MR) is 60.7 cm³/mol. The quantitative estimate of drug-likeness (QED) is 0.769. The second-order valence-electron chi connectivity index (χ2n) is 5.23. The Morgan fingerprint density at radius 2 is 2.12 bits per heavy atom. The number of nitrogens with zero attached hydrogens (tertiary/aromatic N) is 1. The van der Waals surface area contributed by atoms with Gasteiger partial charge in [0, 0.05) is 6.04 Å². The zero-order chi connectivity index (χ0) is 11.9. The molecule has 4 heteroatoms. The van der Waals surface area contributed by atoms with Crippen LogP contribution in [0.25, 0.3) is 0 Å². The van der Waals surface area contributed by atoms with Gasteiger partial charge in [-0.3, -0.25) is 9.59 Å². The summed E-state index contributed by atoms with van der Waals surface area (Å²) in [6.45, 7) is 6.33. The lowest BCUT2D eigenvalue weighted by molar-refractivity contribution is -0.146. The summed E-state index contributed by atoms with van der Waals surface area (Å²) in [7, 11) is 0. The molecule has 2 fully saturated rings. The van der Waals surface area contributed by atoms with E-state index >= 15 is 0 Å². The Kier molecular flexibility index (Phi) is 2.91. The number of amides is 2. The largest absolute Gasteiger partial charge is 0.343 e. The van der Waals surface area contributed by atoms with Crippen LogP contribution in [-0.2, 0) is 9.59 Å². The number of hydrogen-bond acceptors (Lipinski definition) is 2. The van der Waals surface area contributed by atoms with Gasteiger partial charge in [-0.2, -0.15) is 0 Å². The van der Waals surface area contributed by atoms with E-state index < -0.39 is 0 Å². The van der Waals surface area contributed by atoms with Crippen molar-refractivity contribution in [3.63, 3.8) is 0 Å². The van der Waals surface area contributed by atoms with Crippen LogP contribution in [0.15, 0.2) is 0 Å². The zero-order valence-corrected chi connectivity index (χ0v) is 10.2. The van der Waals surface area contributed by atoms with E-state index in [1.165, 1.54) is 0 Å². The summed E-state index contributed by atoms with van der Waals surface area (Å²) in [4.78, 5) is 25.5. The highest BCUT2D eigenvalue weighted by atomic mass is 16.2. The monoisotopic (exact) mass is 224 g/mol. The van der Waals surface area contributed by atoms with E-state index in [0.717, 1.165) is 12.8 Å². The Labute approximate surface area is 96.4 Å². The van der Waals surface area contributed by atoms with Gasteiger partial charge in [-0.15, -0.1) is 0 Å². The molecule has 3 atom stereocenters. The van der Waals surface area contributed by atoms with Crippen molar-refractivity contribution in [3.05, 3.63) is 0 Å². The van der Waals surface area contributed by atoms with Crippen LogP contribution in [0.1, 0.15) is 33.6 Å². The molecule has 3 unspecified atom stereocenters. The van der Waals surface area contributed by atoms with Crippen molar-refractivity contribution in [2.24, 2.45) is 11.8 Å². The SMILES string of the molecule is CCC1CC1N1CC(=O)NC(C(C)C)C1=O. The molecule has 0 aromatic heterocycles. The van der Waals surface area contributed by atoms with Gasteiger partial charge in [0.05, 0.1) is 6.54 Å². The van der Waals surface area contributed by atoms with E-state index in [4.69, 9.17) is 0 Å². The van der Waals surface area contributed by atoms with Gasteiger partial charge < -0.3 is 10.2 Å². The molecule has 16 heavy (non-hydrogen) atoms. The normalized spacial score (nSPS) is 34.2. The number of rotatable bonds is 3. The van der Waals surface area contributed by atoms with Crippen molar-refractivity contribution in [2.45, 2.75) is 45.7 Å². The molecule has 4 nitrogen and oxygen atoms in total. The van der Waals surface area contributed by atoms with E-state index in [2.05, 4.69) is 12.2 Å². The van der Waals surface area contributed by atoms with E-state index in [1.807, 2.05) is 13.8 Å². The maximum atomic E-state index is 12.2. The molecule has 0 radical (unpaired) electrons. The van der Waals surface area contributed by atoms with Crippen LogP contribution in [0.5, 0.6) is 0 Å². The fourth-order valence-electron chi connectivity index (χ4n) is 2.48. The summed E-state index contributed by atoms with van der Waals surface area (Å²) in [5, 5.41) is 2.78. The van der Waals surface area contributed by atoms with Crippen molar-refractivity contribution < 1.29 is 9.59 Å². The Balaban J connectivity index is 2.07. The van der Waals surface area contributed by atoms with Crippen LogP contribution in [0.4, 0.5) is 0 Å². The topological polar surface area (TPSA) is 49.4 Å². The third kappa shape index (κ3) is 1.93. The van der Waals surface area contributed by atoms with Gasteiger partial charge in [0.1, 0.15) is 6.04 Å². The van der Waals surface area contributed by atoms with Gasteiger partial charge in [-0.1, -0.05) is 27.2 Å². The summed E-state index contributed by atoms with van der Waals surface area (Å²) >= 11 is 0. The molecule has 2 rings (SSSR count). The average Bonchev–Trinajstić information content (AvgIpc) is 2.99. The highest BCUT2D eigenvalue weighted by molar-refractivity contribution is 5.95. The van der Waals surface area contributed by atoms with Gasteiger partial charge in [0.15, 0.2) is 0 Å². The first-order valence-electron chi connectivity index (χ1n) is 6.14. The van der Waals surface area contributed by atoms with Crippen molar-refractivity contribution in [1.82, 2.24) is 10.2 Å². The third-order valence-corrected chi connectivity index (χ3v) is 3.66. The molecule has 1 N–H and O–H groups in total. The van der Waals surface area contributed by atoms with Gasteiger partial charge in [0.2, 0.25) is 11.8 Å². The minimum Gasteiger partial charge on any atom is -0.343 e. The van der Waals surface area contributed by atoms with Crippen molar-refractivity contribution in [1.29, 1.82) is 0 Å². The van der Waals surface area contributed by atoms with E-state index in [9.17, 15) is 9.59 Å². The number of carbonyl (C=O) groups is 2. The second kappa shape index (κ2) is 4.07. The molecule has 1 saturated heterocycles. The predicted octanol–water partition coefficient (Wildman–Crippen LogP) is 0.768. The molecule has 1 aliphatic carbocycles. The molecule has 1 aliphatic heterocycles. The first-order valence-corrected chi connectivity index (χ1v) is 6.14. The molecule has 90 valence electrons. The summed E-state index contributed by atoms with van der Waals surface area (Å²) < 4.78 is 0. The lowest BCUT2D eigenvalue weighted by atomic mass is 10.0. The molecule has 0 spiro atoms. The Hall–Kier alpha value is -1.06. The van der Waals surface area contributed by atoms with Gasteiger partial charge >= 0.3 is 0 Å². The molecule has 0 bridgehead atoms. The fraction of sp³-hybridized carbons (Fsp3) is 0.833. The summed E-state index contributed by atoms with van der Waals surface area (Å²) in [5.74, 6) is 0.872. The number of piperazine rings is 1. The van der Waals surface area contributed by atoms with E-state index in [0.29, 0.717) is 12.0 Å². The van der Waals surface area contributed by atoms with Crippen LogP contribution in [0, 0.1) is 11.8 Å².